The molecule has 1 atom stereocenters. The average molecular weight is 521 g/mol. The molecule has 1 spiro atoms. The Labute approximate surface area is 210 Å². The molecule has 2 aromatic carbocycles. The number of piperidine rings is 1. The summed E-state index contributed by atoms with van der Waals surface area (Å²) in [5.41, 5.74) is -1.36. The van der Waals surface area contributed by atoms with Crippen molar-refractivity contribution < 1.29 is 22.7 Å². The Balaban J connectivity index is 1.45. The van der Waals surface area contributed by atoms with Crippen molar-refractivity contribution in [3.8, 4) is 0 Å². The molecular weight excluding hydrogens is 492 g/mol. The van der Waals surface area contributed by atoms with Crippen LogP contribution >= 0.6 is 11.6 Å². The van der Waals surface area contributed by atoms with Gasteiger partial charge in [-0.3, -0.25) is 14.9 Å². The minimum Gasteiger partial charge on any atom is -0.381 e. The third-order valence-corrected chi connectivity index (χ3v) is 9.51. The molecule has 9 nitrogen and oxygen atoms in total. The van der Waals surface area contributed by atoms with Gasteiger partial charge in [-0.2, -0.15) is 4.31 Å². The van der Waals surface area contributed by atoms with E-state index >= 15 is 0 Å². The van der Waals surface area contributed by atoms with E-state index < -0.39 is 15.7 Å². The van der Waals surface area contributed by atoms with Gasteiger partial charge >= 0.3 is 0 Å². The molecule has 11 heteroatoms. The quantitative estimate of drug-likeness (QED) is 0.658. The molecule has 0 radical (unpaired) electrons. The summed E-state index contributed by atoms with van der Waals surface area (Å²) >= 11 is 6.06. The number of methoxy groups -OCH3 is 1. The van der Waals surface area contributed by atoms with Crippen LogP contribution in [0.2, 0.25) is 5.02 Å². The minimum atomic E-state index is -3.95. The number of fused-ring (bicyclic) bond motifs is 2. The summed E-state index contributed by atoms with van der Waals surface area (Å²) in [7, 11) is -2.40. The fraction of sp³-hybridized carbons (Fsp3) is 0.500. The summed E-state index contributed by atoms with van der Waals surface area (Å²) in [5.74, 6) is -0.226. The number of rotatable bonds is 4. The number of sulfonamides is 1. The van der Waals surface area contributed by atoms with Crippen LogP contribution < -0.4 is 5.32 Å². The lowest BCUT2D eigenvalue weighted by atomic mass is 9.88. The molecule has 3 saturated heterocycles. The number of hydrogen-bond acceptors (Lipinski definition) is 6. The molecule has 35 heavy (non-hydrogen) atoms. The van der Waals surface area contributed by atoms with Gasteiger partial charge < -0.3 is 14.5 Å². The molecule has 2 aromatic rings. The zero-order chi connectivity index (χ0) is 25.0. The van der Waals surface area contributed by atoms with E-state index in [0.717, 1.165) is 10.8 Å². The molecular formula is C24H29ClN4O5S. The van der Waals surface area contributed by atoms with Crippen LogP contribution in [-0.2, 0) is 24.3 Å². The molecule has 3 aliphatic heterocycles. The Kier molecular flexibility index (Phi) is 6.08. The molecule has 1 unspecified atom stereocenters. The van der Waals surface area contributed by atoms with E-state index in [1.807, 2.05) is 0 Å². The van der Waals surface area contributed by atoms with Crippen molar-refractivity contribution in [2.75, 3.05) is 46.4 Å². The number of hydrogen-bond donors (Lipinski definition) is 1. The number of nitrogens with zero attached hydrogens (tertiary/aromatic N) is 3. The summed E-state index contributed by atoms with van der Waals surface area (Å²) in [6.07, 6.45) is 1.36. The number of carbonyl (C=O) groups is 2. The van der Waals surface area contributed by atoms with Gasteiger partial charge in [-0.25, -0.2) is 8.42 Å². The standard InChI is InChI=1S/C24H29ClN4O5S/c1-17(30)27-9-7-23(8-10-27)14-29-22(31)13-28(15-24(29,26-23)16-34-2)35(32,33)21-6-4-18-11-20(25)5-3-19(18)12-21/h3-6,11-12,26H,7-10,13-16H2,1-2H3. The fourth-order valence-corrected chi connectivity index (χ4v) is 7.35. The van der Waals surface area contributed by atoms with Gasteiger partial charge in [0.25, 0.3) is 0 Å². The zero-order valence-corrected chi connectivity index (χ0v) is 21.4. The highest BCUT2D eigenvalue weighted by molar-refractivity contribution is 7.89. The lowest BCUT2D eigenvalue weighted by Gasteiger charge is -2.45. The van der Waals surface area contributed by atoms with E-state index in [9.17, 15) is 18.0 Å². The Morgan fingerprint density at radius 1 is 1.11 bits per heavy atom. The van der Waals surface area contributed by atoms with Crippen molar-refractivity contribution in [3.05, 3.63) is 41.4 Å². The number of carbonyl (C=O) groups excluding carboxylic acids is 2. The highest BCUT2D eigenvalue weighted by atomic mass is 35.5. The molecule has 3 fully saturated rings. The molecule has 3 aliphatic rings. The Morgan fingerprint density at radius 3 is 2.49 bits per heavy atom. The van der Waals surface area contributed by atoms with Crippen LogP contribution in [0.25, 0.3) is 10.8 Å². The van der Waals surface area contributed by atoms with E-state index in [1.54, 1.807) is 60.2 Å². The van der Waals surface area contributed by atoms with E-state index in [4.69, 9.17) is 16.3 Å². The van der Waals surface area contributed by atoms with Gasteiger partial charge in [-0.05, 0) is 47.9 Å². The van der Waals surface area contributed by atoms with E-state index in [1.165, 1.54) is 4.31 Å². The monoisotopic (exact) mass is 520 g/mol. The number of likely N-dealkylation sites (tertiary alicyclic amines) is 1. The van der Waals surface area contributed by atoms with Crippen LogP contribution in [0.15, 0.2) is 41.3 Å². The molecule has 0 bridgehead atoms. The third kappa shape index (κ3) is 4.21. The Bertz CT molecular complexity index is 1290. The maximum absolute atomic E-state index is 13.7. The van der Waals surface area contributed by atoms with E-state index in [-0.39, 0.29) is 41.9 Å². The normalized spacial score (nSPS) is 24.8. The molecule has 0 saturated carbocycles. The van der Waals surface area contributed by atoms with Crippen LogP contribution in [0.5, 0.6) is 0 Å². The van der Waals surface area contributed by atoms with Crippen molar-refractivity contribution in [1.82, 2.24) is 19.4 Å². The van der Waals surface area contributed by atoms with E-state index in [2.05, 4.69) is 5.32 Å². The maximum atomic E-state index is 13.7. The van der Waals surface area contributed by atoms with Crippen molar-refractivity contribution in [1.29, 1.82) is 0 Å². The third-order valence-electron chi connectivity index (χ3n) is 7.49. The first-order chi connectivity index (χ1) is 16.6. The van der Waals surface area contributed by atoms with Crippen LogP contribution in [0.3, 0.4) is 0 Å². The maximum Gasteiger partial charge on any atom is 0.243 e. The molecule has 5 rings (SSSR count). The van der Waals surface area contributed by atoms with Gasteiger partial charge in [0.05, 0.1) is 24.6 Å². The largest absolute Gasteiger partial charge is 0.381 e. The average Bonchev–Trinajstić information content (AvgIpc) is 3.13. The molecule has 0 aromatic heterocycles. The first-order valence-corrected chi connectivity index (χ1v) is 13.4. The number of ether oxygens (including phenoxy) is 1. The van der Waals surface area contributed by atoms with Crippen molar-refractivity contribution in [2.24, 2.45) is 0 Å². The van der Waals surface area contributed by atoms with E-state index in [0.29, 0.717) is 37.5 Å². The summed E-state index contributed by atoms with van der Waals surface area (Å²) in [6, 6.07) is 10.2. The molecule has 0 aliphatic carbocycles. The van der Waals surface area contributed by atoms with Crippen molar-refractivity contribution >= 4 is 44.2 Å². The molecule has 1 N–H and O–H groups in total. The van der Waals surface area contributed by atoms with Gasteiger partial charge in [0.2, 0.25) is 21.8 Å². The number of piperazine rings is 1. The van der Waals surface area contributed by atoms with Crippen LogP contribution in [0, 0.1) is 0 Å². The minimum absolute atomic E-state index is 0.0353. The number of amides is 2. The summed E-state index contributed by atoms with van der Waals surface area (Å²) < 4.78 is 34.1. The van der Waals surface area contributed by atoms with Crippen LogP contribution in [-0.4, -0.2) is 92.0 Å². The number of nitrogens with one attached hydrogen (secondary N) is 1. The zero-order valence-electron chi connectivity index (χ0n) is 19.8. The first kappa shape index (κ1) is 24.5. The second kappa shape index (κ2) is 8.70. The predicted octanol–water partition coefficient (Wildman–Crippen LogP) is 1.65. The summed E-state index contributed by atoms with van der Waals surface area (Å²) in [6.45, 7) is 3.21. The van der Waals surface area contributed by atoms with Crippen molar-refractivity contribution in [2.45, 2.75) is 35.9 Å². The topological polar surface area (TPSA) is 99.3 Å². The van der Waals surface area contributed by atoms with Crippen LogP contribution in [0.4, 0.5) is 0 Å². The molecule has 188 valence electrons. The number of halogens is 1. The highest BCUT2D eigenvalue weighted by Gasteiger charge is 2.59. The predicted molar refractivity (Wildman–Crippen MR) is 131 cm³/mol. The van der Waals surface area contributed by atoms with Gasteiger partial charge in [-0.15, -0.1) is 0 Å². The Hall–Kier alpha value is -2.24. The highest BCUT2D eigenvalue weighted by Crippen LogP contribution is 2.38. The summed E-state index contributed by atoms with van der Waals surface area (Å²) in [5, 5.41) is 5.79. The van der Waals surface area contributed by atoms with Gasteiger partial charge in [0.1, 0.15) is 5.66 Å². The van der Waals surface area contributed by atoms with Crippen LogP contribution in [0.1, 0.15) is 19.8 Å². The lowest BCUT2D eigenvalue weighted by Crippen LogP contribution is -2.70. The van der Waals surface area contributed by atoms with Gasteiger partial charge in [0.15, 0.2) is 0 Å². The van der Waals surface area contributed by atoms with Gasteiger partial charge in [-0.1, -0.05) is 23.7 Å². The number of benzene rings is 2. The summed E-state index contributed by atoms with van der Waals surface area (Å²) in [4.78, 5) is 28.8. The lowest BCUT2D eigenvalue weighted by molar-refractivity contribution is -0.144. The first-order valence-electron chi connectivity index (χ1n) is 11.6. The molecule has 2 amide bonds. The second-order valence-electron chi connectivity index (χ2n) is 9.78. The fourth-order valence-electron chi connectivity index (χ4n) is 5.70. The Morgan fingerprint density at radius 2 is 1.80 bits per heavy atom. The second-order valence-corrected chi connectivity index (χ2v) is 12.2. The smallest absolute Gasteiger partial charge is 0.243 e. The SMILES string of the molecule is COCC12CN(S(=O)(=O)c3ccc4cc(Cl)ccc4c3)CC(=O)N1CC1(CCN(C(C)=O)CC1)N2. The van der Waals surface area contributed by atoms with Gasteiger partial charge in [0, 0.05) is 44.2 Å². The molecule has 3 heterocycles. The van der Waals surface area contributed by atoms with Crippen molar-refractivity contribution in [3.63, 3.8) is 0 Å².